The van der Waals surface area contributed by atoms with Crippen molar-refractivity contribution in [2.24, 2.45) is 5.73 Å². The van der Waals surface area contributed by atoms with E-state index in [1.807, 2.05) is 25.4 Å². The summed E-state index contributed by atoms with van der Waals surface area (Å²) < 4.78 is 0. The molecule has 9 heteroatoms. The van der Waals surface area contributed by atoms with Crippen LogP contribution in [0.4, 0.5) is 5.69 Å². The third kappa shape index (κ3) is 3.36. The number of piperidine rings is 1. The highest BCUT2D eigenvalue weighted by Gasteiger charge is 2.37. The van der Waals surface area contributed by atoms with Gasteiger partial charge in [0, 0.05) is 42.1 Å². The quantitative estimate of drug-likeness (QED) is 0.542. The van der Waals surface area contributed by atoms with Crippen molar-refractivity contribution in [1.29, 1.82) is 0 Å². The Kier molecular flexibility index (Phi) is 5.36. The van der Waals surface area contributed by atoms with Crippen LogP contribution < -0.4 is 21.7 Å². The second-order valence-corrected chi connectivity index (χ2v) is 8.09. The lowest BCUT2D eigenvalue weighted by Crippen LogP contribution is -2.39. The topological polar surface area (TPSA) is 108 Å². The Hall–Kier alpha value is -1.90. The second-order valence-electron chi connectivity index (χ2n) is 6.63. The van der Waals surface area contributed by atoms with Crippen LogP contribution in [-0.2, 0) is 9.67 Å². The molecule has 2 aromatic heterocycles. The zero-order valence-corrected chi connectivity index (χ0v) is 16.1. The van der Waals surface area contributed by atoms with Gasteiger partial charge >= 0.3 is 0 Å². The Morgan fingerprint density at radius 2 is 2.35 bits per heavy atom. The maximum absolute atomic E-state index is 11.5. The molecule has 0 radical (unpaired) electrons. The third-order valence-electron chi connectivity index (χ3n) is 4.78. The van der Waals surface area contributed by atoms with E-state index in [1.165, 1.54) is 11.8 Å². The van der Waals surface area contributed by atoms with Gasteiger partial charge in [0.1, 0.15) is 10.5 Å². The lowest BCUT2D eigenvalue weighted by molar-refractivity contribution is -0.113. The van der Waals surface area contributed by atoms with Gasteiger partial charge in [0.2, 0.25) is 0 Å². The van der Waals surface area contributed by atoms with E-state index in [4.69, 9.17) is 5.73 Å². The van der Waals surface area contributed by atoms with E-state index >= 15 is 0 Å². The molecule has 4 rings (SSSR count). The van der Waals surface area contributed by atoms with Crippen LogP contribution in [-0.4, -0.2) is 35.0 Å². The number of H-pyrrole nitrogens is 1. The van der Waals surface area contributed by atoms with E-state index in [2.05, 4.69) is 25.9 Å². The van der Waals surface area contributed by atoms with Crippen molar-refractivity contribution in [3.05, 3.63) is 35.1 Å². The van der Waals surface area contributed by atoms with Gasteiger partial charge in [-0.2, -0.15) is 0 Å². The minimum Gasteiger partial charge on any atom is -0.380 e. The number of primary amides is 1. The van der Waals surface area contributed by atoms with Gasteiger partial charge in [0.05, 0.1) is 10.6 Å². The summed E-state index contributed by atoms with van der Waals surface area (Å²) in [7, 11) is 0. The molecular formula is C17H23ClN6OS. The van der Waals surface area contributed by atoms with E-state index in [-0.39, 0.29) is 12.4 Å². The number of aromatic amines is 1. The van der Waals surface area contributed by atoms with Crippen LogP contribution in [0.25, 0.3) is 11.0 Å². The molecular weight excluding hydrogens is 372 g/mol. The highest BCUT2D eigenvalue weighted by molar-refractivity contribution is 8.05. The molecule has 1 fully saturated rings. The lowest BCUT2D eigenvalue weighted by Gasteiger charge is -2.31. The maximum Gasteiger partial charge on any atom is 0.256 e. The molecule has 0 aliphatic carbocycles. The molecule has 7 nitrogen and oxygen atoms in total. The fourth-order valence-electron chi connectivity index (χ4n) is 3.44. The molecule has 140 valence electrons. The average molecular weight is 395 g/mol. The van der Waals surface area contributed by atoms with E-state index in [0.717, 1.165) is 48.2 Å². The van der Waals surface area contributed by atoms with Gasteiger partial charge in [0.25, 0.3) is 5.91 Å². The summed E-state index contributed by atoms with van der Waals surface area (Å²) >= 11 is 1.43. The molecule has 0 bridgehead atoms. The summed E-state index contributed by atoms with van der Waals surface area (Å²) in [4.78, 5) is 19.3. The van der Waals surface area contributed by atoms with Crippen LogP contribution in [0.3, 0.4) is 0 Å². The summed E-state index contributed by atoms with van der Waals surface area (Å²) in [6, 6.07) is 2.40. The average Bonchev–Trinajstić information content (AvgIpc) is 3.23. The molecule has 0 saturated carbocycles. The van der Waals surface area contributed by atoms with Crippen molar-refractivity contribution in [2.75, 3.05) is 18.4 Å². The van der Waals surface area contributed by atoms with Gasteiger partial charge in [-0.15, -0.1) is 12.4 Å². The Morgan fingerprint density at radius 1 is 1.50 bits per heavy atom. The monoisotopic (exact) mass is 394 g/mol. The first-order chi connectivity index (χ1) is 12.1. The molecule has 26 heavy (non-hydrogen) atoms. The van der Waals surface area contributed by atoms with Gasteiger partial charge in [-0.05, 0) is 32.4 Å². The number of amides is 1. The van der Waals surface area contributed by atoms with Gasteiger partial charge in [0.15, 0.2) is 0 Å². The van der Waals surface area contributed by atoms with Crippen LogP contribution in [0.2, 0.25) is 0 Å². The maximum atomic E-state index is 11.5. The Labute approximate surface area is 162 Å². The lowest BCUT2D eigenvalue weighted by atomic mass is 10.0. The van der Waals surface area contributed by atoms with Gasteiger partial charge in [-0.1, -0.05) is 11.8 Å². The molecule has 1 saturated heterocycles. The number of hydrogen-bond donors (Lipinski definition) is 5. The number of fused-ring (bicyclic) bond motifs is 1. The Morgan fingerprint density at radius 3 is 3.04 bits per heavy atom. The van der Waals surface area contributed by atoms with Crippen molar-refractivity contribution in [3.8, 4) is 0 Å². The van der Waals surface area contributed by atoms with Crippen molar-refractivity contribution < 1.29 is 4.79 Å². The number of nitrogens with zero attached hydrogens (tertiary/aromatic N) is 1. The number of rotatable bonds is 4. The summed E-state index contributed by atoms with van der Waals surface area (Å²) in [5.74, 6) is -0.414. The first-order valence-electron chi connectivity index (χ1n) is 8.47. The SMILES string of the molecule is CC1(c2cnc3[nH]ccc3c2NC2CCCNC2)NC=C(C(N)=O)S1.Cl. The Balaban J connectivity index is 0.00000196. The van der Waals surface area contributed by atoms with Crippen molar-refractivity contribution in [2.45, 2.75) is 30.7 Å². The van der Waals surface area contributed by atoms with Crippen LogP contribution in [0.15, 0.2) is 29.6 Å². The standard InChI is InChI=1S/C17H22N6OS.ClH/c1-17(22-9-13(25-17)15(18)24)12-8-21-16-11(4-6-20-16)14(12)23-10-3-2-5-19-7-10;/h4,6,8-10,19,22H,2-3,5,7H2,1H3,(H2,18,24)(H2,20,21,23);1H. The normalized spacial score (nSPS) is 25.3. The van der Waals surface area contributed by atoms with Crippen molar-refractivity contribution in [3.63, 3.8) is 0 Å². The largest absolute Gasteiger partial charge is 0.380 e. The molecule has 2 aliphatic heterocycles. The smallest absolute Gasteiger partial charge is 0.256 e. The predicted molar refractivity (Wildman–Crippen MR) is 108 cm³/mol. The van der Waals surface area contributed by atoms with E-state index in [0.29, 0.717) is 10.9 Å². The molecule has 0 aromatic carbocycles. The zero-order valence-electron chi connectivity index (χ0n) is 14.5. The molecule has 1 amide bonds. The van der Waals surface area contributed by atoms with Gasteiger partial charge < -0.3 is 26.7 Å². The molecule has 2 unspecified atom stereocenters. The molecule has 6 N–H and O–H groups in total. The van der Waals surface area contributed by atoms with Crippen LogP contribution in [0.5, 0.6) is 0 Å². The number of thioether (sulfide) groups is 1. The number of pyridine rings is 1. The highest BCUT2D eigenvalue weighted by Crippen LogP contribution is 2.46. The van der Waals surface area contributed by atoms with Crippen molar-refractivity contribution >= 4 is 46.8 Å². The minimum absolute atomic E-state index is 0. The number of nitrogens with two attached hydrogens (primary N) is 1. The Bertz CT molecular complexity index is 847. The first kappa shape index (κ1) is 18.9. The van der Waals surface area contributed by atoms with Gasteiger partial charge in [-0.25, -0.2) is 4.98 Å². The summed E-state index contributed by atoms with van der Waals surface area (Å²) in [5, 5.41) is 11.5. The van der Waals surface area contributed by atoms with E-state index in [9.17, 15) is 4.79 Å². The minimum atomic E-state index is -0.493. The number of carbonyl (C=O) groups is 1. The van der Waals surface area contributed by atoms with E-state index < -0.39 is 10.8 Å². The molecule has 2 aromatic rings. The molecule has 0 spiro atoms. The van der Waals surface area contributed by atoms with Crippen LogP contribution >= 0.6 is 24.2 Å². The van der Waals surface area contributed by atoms with Crippen LogP contribution in [0, 0.1) is 0 Å². The summed E-state index contributed by atoms with van der Waals surface area (Å²) in [5.41, 5.74) is 8.37. The van der Waals surface area contributed by atoms with Gasteiger partial charge in [-0.3, -0.25) is 4.79 Å². The van der Waals surface area contributed by atoms with Crippen LogP contribution in [0.1, 0.15) is 25.3 Å². The summed E-state index contributed by atoms with van der Waals surface area (Å²) in [6.45, 7) is 4.06. The molecule has 4 heterocycles. The molecule has 2 aliphatic rings. The first-order valence-corrected chi connectivity index (χ1v) is 9.29. The van der Waals surface area contributed by atoms with Crippen molar-refractivity contribution in [1.82, 2.24) is 20.6 Å². The fraction of sp³-hybridized carbons (Fsp3) is 0.412. The summed E-state index contributed by atoms with van der Waals surface area (Å²) in [6.07, 6.45) is 7.75. The number of carbonyl (C=O) groups excluding carboxylic acids is 1. The highest BCUT2D eigenvalue weighted by atomic mass is 35.5. The zero-order chi connectivity index (χ0) is 17.4. The fourth-order valence-corrected chi connectivity index (χ4v) is 4.48. The molecule has 2 atom stereocenters. The predicted octanol–water partition coefficient (Wildman–Crippen LogP) is 1.98. The number of aromatic nitrogens is 2. The number of hydrogen-bond acceptors (Lipinski definition) is 6. The number of halogens is 1. The third-order valence-corrected chi connectivity index (χ3v) is 6.07. The number of nitrogens with one attached hydrogen (secondary N) is 4. The second kappa shape index (κ2) is 7.38. The van der Waals surface area contributed by atoms with E-state index in [1.54, 1.807) is 6.20 Å². The number of anilines is 1.